The molecule has 128 valence electrons. The van der Waals surface area contributed by atoms with E-state index in [9.17, 15) is 13.6 Å². The second-order valence-corrected chi connectivity index (χ2v) is 5.93. The van der Waals surface area contributed by atoms with Gasteiger partial charge in [-0.15, -0.1) is 0 Å². The Morgan fingerprint density at radius 2 is 1.73 bits per heavy atom. The van der Waals surface area contributed by atoms with Crippen molar-refractivity contribution < 1.29 is 13.6 Å². The minimum absolute atomic E-state index is 0.271. The molecule has 0 radical (unpaired) electrons. The molecule has 0 aliphatic carbocycles. The van der Waals surface area contributed by atoms with E-state index < -0.39 is 11.6 Å². The lowest BCUT2D eigenvalue weighted by molar-refractivity contribution is 0.102. The molecular formula is C21H14F2N2O. The van der Waals surface area contributed by atoms with Crippen LogP contribution >= 0.6 is 0 Å². The van der Waals surface area contributed by atoms with Crippen LogP contribution < -0.4 is 5.32 Å². The first-order valence-corrected chi connectivity index (χ1v) is 8.05. The van der Waals surface area contributed by atoms with Gasteiger partial charge in [-0.25, -0.2) is 8.78 Å². The van der Waals surface area contributed by atoms with Crippen molar-refractivity contribution in [1.29, 1.82) is 0 Å². The highest BCUT2D eigenvalue weighted by molar-refractivity contribution is 6.06. The number of amides is 1. The summed E-state index contributed by atoms with van der Waals surface area (Å²) in [6, 6.07) is 19.6. The third-order valence-electron chi connectivity index (χ3n) is 4.14. The quantitative estimate of drug-likeness (QED) is 0.514. The Balaban J connectivity index is 1.61. The van der Waals surface area contributed by atoms with Gasteiger partial charge in [-0.3, -0.25) is 4.79 Å². The fraction of sp³-hybridized carbons (Fsp3) is 0. The molecule has 26 heavy (non-hydrogen) atoms. The van der Waals surface area contributed by atoms with Gasteiger partial charge >= 0.3 is 0 Å². The van der Waals surface area contributed by atoms with E-state index in [0.717, 1.165) is 17.0 Å². The highest BCUT2D eigenvalue weighted by Crippen LogP contribution is 2.26. The predicted molar refractivity (Wildman–Crippen MR) is 98.0 cm³/mol. The summed E-state index contributed by atoms with van der Waals surface area (Å²) in [6.07, 6.45) is 0. The third-order valence-corrected chi connectivity index (χ3v) is 4.14. The standard InChI is InChI=1S/C21H14F2N2O/c22-15-8-9-17(18(23)12-15)13-5-3-6-16(10-13)24-21(26)20-11-14-4-1-2-7-19(14)25-20/h1-12,25H,(H,24,26). The van der Waals surface area contributed by atoms with Crippen LogP contribution in [-0.2, 0) is 0 Å². The monoisotopic (exact) mass is 348 g/mol. The maximum Gasteiger partial charge on any atom is 0.272 e. The summed E-state index contributed by atoms with van der Waals surface area (Å²) in [5, 5.41) is 3.74. The largest absolute Gasteiger partial charge is 0.351 e. The Bertz CT molecular complexity index is 1080. The van der Waals surface area contributed by atoms with Crippen molar-refractivity contribution >= 4 is 22.5 Å². The van der Waals surface area contributed by atoms with Gasteiger partial charge in [-0.1, -0.05) is 30.3 Å². The van der Waals surface area contributed by atoms with E-state index in [1.807, 2.05) is 24.3 Å². The molecule has 2 N–H and O–H groups in total. The molecule has 3 nitrogen and oxygen atoms in total. The van der Waals surface area contributed by atoms with Gasteiger partial charge in [0.2, 0.25) is 0 Å². The maximum atomic E-state index is 14.0. The molecule has 1 amide bonds. The van der Waals surface area contributed by atoms with Crippen LogP contribution in [0.5, 0.6) is 0 Å². The summed E-state index contributed by atoms with van der Waals surface area (Å²) < 4.78 is 27.1. The van der Waals surface area contributed by atoms with E-state index in [0.29, 0.717) is 16.9 Å². The van der Waals surface area contributed by atoms with Crippen molar-refractivity contribution in [3.8, 4) is 11.1 Å². The second kappa shape index (κ2) is 6.44. The predicted octanol–water partition coefficient (Wildman–Crippen LogP) is 5.37. The molecule has 0 atom stereocenters. The number of para-hydroxylation sites is 1. The Kier molecular flexibility index (Phi) is 3.97. The third kappa shape index (κ3) is 3.07. The average molecular weight is 348 g/mol. The minimum Gasteiger partial charge on any atom is -0.351 e. The number of carbonyl (C=O) groups is 1. The molecule has 0 aliphatic heterocycles. The summed E-state index contributed by atoms with van der Waals surface area (Å²) in [5.74, 6) is -1.57. The van der Waals surface area contributed by atoms with E-state index in [4.69, 9.17) is 0 Å². The molecule has 4 rings (SSSR count). The summed E-state index contributed by atoms with van der Waals surface area (Å²) >= 11 is 0. The van der Waals surface area contributed by atoms with Crippen molar-refractivity contribution in [3.05, 3.63) is 90.1 Å². The topological polar surface area (TPSA) is 44.9 Å². The van der Waals surface area contributed by atoms with E-state index >= 15 is 0 Å². The molecule has 0 unspecified atom stereocenters. The molecule has 1 aromatic heterocycles. The number of aromatic nitrogens is 1. The van der Waals surface area contributed by atoms with Gasteiger partial charge < -0.3 is 10.3 Å². The van der Waals surface area contributed by atoms with Crippen LogP contribution in [0, 0.1) is 11.6 Å². The molecule has 1 heterocycles. The lowest BCUT2D eigenvalue weighted by atomic mass is 10.0. The highest BCUT2D eigenvalue weighted by atomic mass is 19.1. The zero-order valence-corrected chi connectivity index (χ0v) is 13.6. The number of hydrogen-bond acceptors (Lipinski definition) is 1. The van der Waals surface area contributed by atoms with Crippen LogP contribution in [0.25, 0.3) is 22.0 Å². The van der Waals surface area contributed by atoms with Crippen molar-refractivity contribution in [2.75, 3.05) is 5.32 Å². The fourth-order valence-corrected chi connectivity index (χ4v) is 2.88. The van der Waals surface area contributed by atoms with Crippen molar-refractivity contribution in [2.24, 2.45) is 0 Å². The number of fused-ring (bicyclic) bond motifs is 1. The Labute approximate surface area is 148 Å². The van der Waals surface area contributed by atoms with Gasteiger partial charge in [0.15, 0.2) is 0 Å². The SMILES string of the molecule is O=C(Nc1cccc(-c2ccc(F)cc2F)c1)c1cc2ccccc2[nH]1. The number of rotatable bonds is 3. The van der Waals surface area contributed by atoms with Gasteiger partial charge in [0.05, 0.1) is 0 Å². The zero-order chi connectivity index (χ0) is 18.1. The number of aromatic amines is 1. The van der Waals surface area contributed by atoms with Gasteiger partial charge in [0.1, 0.15) is 17.3 Å². The van der Waals surface area contributed by atoms with Crippen molar-refractivity contribution in [2.45, 2.75) is 0 Å². The van der Waals surface area contributed by atoms with Crippen LogP contribution in [-0.4, -0.2) is 10.9 Å². The van der Waals surface area contributed by atoms with E-state index in [1.54, 1.807) is 30.3 Å². The molecule has 3 aromatic carbocycles. The van der Waals surface area contributed by atoms with Crippen LogP contribution in [0.2, 0.25) is 0 Å². The molecule has 5 heteroatoms. The number of carbonyl (C=O) groups excluding carboxylic acids is 1. The van der Waals surface area contributed by atoms with Crippen LogP contribution in [0.1, 0.15) is 10.5 Å². The summed E-state index contributed by atoms with van der Waals surface area (Å²) in [4.78, 5) is 15.5. The first-order chi connectivity index (χ1) is 12.6. The molecule has 0 saturated carbocycles. The molecule has 0 aliphatic rings. The van der Waals surface area contributed by atoms with Gasteiger partial charge in [-0.05, 0) is 42.0 Å². The van der Waals surface area contributed by atoms with Gasteiger partial charge in [0.25, 0.3) is 5.91 Å². The fourth-order valence-electron chi connectivity index (χ4n) is 2.88. The number of hydrogen-bond donors (Lipinski definition) is 2. The van der Waals surface area contributed by atoms with E-state index in [2.05, 4.69) is 10.3 Å². The van der Waals surface area contributed by atoms with E-state index in [1.165, 1.54) is 12.1 Å². The lowest BCUT2D eigenvalue weighted by Crippen LogP contribution is -2.12. The number of anilines is 1. The maximum absolute atomic E-state index is 14.0. The average Bonchev–Trinajstić information content (AvgIpc) is 3.06. The molecule has 4 aromatic rings. The number of nitrogens with one attached hydrogen (secondary N) is 2. The van der Waals surface area contributed by atoms with Gasteiger partial charge in [0, 0.05) is 28.2 Å². The Morgan fingerprint density at radius 1 is 0.885 bits per heavy atom. The van der Waals surface area contributed by atoms with Gasteiger partial charge in [-0.2, -0.15) is 0 Å². The van der Waals surface area contributed by atoms with Crippen molar-refractivity contribution in [1.82, 2.24) is 4.98 Å². The zero-order valence-electron chi connectivity index (χ0n) is 13.6. The number of halogens is 2. The molecule has 0 fully saturated rings. The Morgan fingerprint density at radius 3 is 2.54 bits per heavy atom. The molecular weight excluding hydrogens is 334 g/mol. The van der Waals surface area contributed by atoms with Crippen LogP contribution in [0.15, 0.2) is 72.8 Å². The minimum atomic E-state index is -0.649. The summed E-state index contributed by atoms with van der Waals surface area (Å²) in [7, 11) is 0. The molecule has 0 spiro atoms. The Hall–Kier alpha value is -3.47. The highest BCUT2D eigenvalue weighted by Gasteiger charge is 2.11. The number of H-pyrrole nitrogens is 1. The molecule has 0 saturated heterocycles. The second-order valence-electron chi connectivity index (χ2n) is 5.93. The first kappa shape index (κ1) is 16.0. The summed E-state index contributed by atoms with van der Waals surface area (Å²) in [6.45, 7) is 0. The smallest absolute Gasteiger partial charge is 0.272 e. The first-order valence-electron chi connectivity index (χ1n) is 8.05. The van der Waals surface area contributed by atoms with Crippen LogP contribution in [0.3, 0.4) is 0 Å². The summed E-state index contributed by atoms with van der Waals surface area (Å²) in [5.41, 5.74) is 2.66. The van der Waals surface area contributed by atoms with Crippen molar-refractivity contribution in [3.63, 3.8) is 0 Å². The van der Waals surface area contributed by atoms with Crippen LogP contribution in [0.4, 0.5) is 14.5 Å². The lowest BCUT2D eigenvalue weighted by Gasteiger charge is -2.08. The van der Waals surface area contributed by atoms with E-state index in [-0.39, 0.29) is 11.5 Å². The molecule has 0 bridgehead atoms. The normalized spacial score (nSPS) is 10.8. The number of benzene rings is 3.